The van der Waals surface area contributed by atoms with Gasteiger partial charge in [0.1, 0.15) is 17.1 Å². The number of benzene rings is 2. The van der Waals surface area contributed by atoms with Crippen molar-refractivity contribution >= 4 is 17.0 Å². The Morgan fingerprint density at radius 2 is 1.77 bits per heavy atom. The number of hydrogen-bond acceptors (Lipinski definition) is 5. The third-order valence-electron chi connectivity index (χ3n) is 6.68. The SMILES string of the molecule is Cc1cc(C(O)(c2ccc(C(=O)NCc3ccc(C(C4CC4)S(=O)O)cc3)cc2)C(C)(C)C)no1. The van der Waals surface area contributed by atoms with Gasteiger partial charge in [-0.1, -0.05) is 62.3 Å². The molecule has 7 nitrogen and oxygen atoms in total. The lowest BCUT2D eigenvalue weighted by molar-refractivity contribution is -0.0317. The Hall–Kier alpha value is -2.81. The lowest BCUT2D eigenvalue weighted by atomic mass is 9.70. The molecule has 1 aromatic heterocycles. The van der Waals surface area contributed by atoms with Crippen molar-refractivity contribution in [2.24, 2.45) is 11.3 Å². The summed E-state index contributed by atoms with van der Waals surface area (Å²) in [5, 5.41) is 18.3. The van der Waals surface area contributed by atoms with Crippen LogP contribution in [0, 0.1) is 18.3 Å². The molecule has 1 aliphatic rings. The van der Waals surface area contributed by atoms with Crippen molar-refractivity contribution in [1.82, 2.24) is 10.5 Å². The van der Waals surface area contributed by atoms with E-state index >= 15 is 0 Å². The van der Waals surface area contributed by atoms with Crippen LogP contribution in [-0.4, -0.2) is 24.9 Å². The highest BCUT2D eigenvalue weighted by molar-refractivity contribution is 7.79. The predicted octanol–water partition coefficient (Wildman–Crippen LogP) is 4.87. The summed E-state index contributed by atoms with van der Waals surface area (Å²) in [6.07, 6.45) is 1.97. The number of aliphatic hydroxyl groups is 1. The molecule has 2 aromatic carbocycles. The maximum Gasteiger partial charge on any atom is 0.251 e. The molecule has 1 amide bonds. The molecule has 1 heterocycles. The van der Waals surface area contributed by atoms with Crippen LogP contribution in [0.2, 0.25) is 0 Å². The summed E-state index contributed by atoms with van der Waals surface area (Å²) in [5.41, 5.74) is 1.32. The maximum atomic E-state index is 12.7. The quantitative estimate of drug-likeness (QED) is 0.384. The van der Waals surface area contributed by atoms with Crippen LogP contribution in [0.15, 0.2) is 59.1 Å². The second kappa shape index (κ2) is 9.68. The predicted molar refractivity (Wildman–Crippen MR) is 134 cm³/mol. The fourth-order valence-electron chi connectivity index (χ4n) is 4.43. The normalized spacial score (nSPS) is 17.4. The van der Waals surface area contributed by atoms with E-state index < -0.39 is 22.1 Å². The first-order valence-electron chi connectivity index (χ1n) is 11.7. The van der Waals surface area contributed by atoms with E-state index in [1.807, 2.05) is 45.0 Å². The molecule has 1 saturated carbocycles. The van der Waals surface area contributed by atoms with E-state index in [-0.39, 0.29) is 17.1 Å². The molecule has 186 valence electrons. The average molecular weight is 497 g/mol. The third kappa shape index (κ3) is 5.24. The number of nitrogens with zero attached hydrogens (tertiary/aromatic N) is 1. The number of amides is 1. The van der Waals surface area contributed by atoms with Crippen LogP contribution in [0.3, 0.4) is 0 Å². The highest BCUT2D eigenvalue weighted by Crippen LogP contribution is 2.45. The Morgan fingerprint density at radius 1 is 1.14 bits per heavy atom. The lowest BCUT2D eigenvalue weighted by Crippen LogP contribution is -2.41. The molecule has 4 rings (SSSR count). The van der Waals surface area contributed by atoms with Crippen molar-refractivity contribution < 1.29 is 23.2 Å². The molecule has 0 radical (unpaired) electrons. The van der Waals surface area contributed by atoms with E-state index in [0.717, 1.165) is 24.0 Å². The Bertz CT molecular complexity index is 1210. The summed E-state index contributed by atoms with van der Waals surface area (Å²) in [6, 6.07) is 16.1. The first-order valence-corrected chi connectivity index (χ1v) is 12.9. The van der Waals surface area contributed by atoms with Gasteiger partial charge in [-0.3, -0.25) is 4.79 Å². The molecule has 1 fully saturated rings. The molecule has 1 aliphatic carbocycles. The minimum atomic E-state index is -1.89. The molecule has 0 saturated heterocycles. The molecule has 8 heteroatoms. The number of aromatic nitrogens is 1. The van der Waals surface area contributed by atoms with Gasteiger partial charge in [0.05, 0.1) is 5.25 Å². The fourth-order valence-corrected chi connectivity index (χ4v) is 5.42. The number of aryl methyl sites for hydroxylation is 1. The van der Waals surface area contributed by atoms with Crippen LogP contribution in [0.25, 0.3) is 0 Å². The molecule has 3 atom stereocenters. The van der Waals surface area contributed by atoms with Crippen molar-refractivity contribution in [3.05, 3.63) is 88.3 Å². The standard InChI is InChI=1S/C27H32N2O5S/c1-17-15-23(29-34-17)27(31,26(2,3)4)22-13-11-21(12-14-22)25(30)28-16-18-5-7-19(8-6-18)24(35(32)33)20-9-10-20/h5-8,11-15,20,24,31H,9-10,16H2,1-4H3,(H,28,30)(H,32,33). The van der Waals surface area contributed by atoms with Crippen molar-refractivity contribution in [2.45, 2.75) is 57.9 Å². The van der Waals surface area contributed by atoms with E-state index in [9.17, 15) is 18.7 Å². The zero-order valence-electron chi connectivity index (χ0n) is 20.4. The van der Waals surface area contributed by atoms with Crippen LogP contribution in [0.5, 0.6) is 0 Å². The highest BCUT2D eigenvalue weighted by Gasteiger charge is 2.45. The fraction of sp³-hybridized carbons (Fsp3) is 0.407. The molecule has 0 spiro atoms. The van der Waals surface area contributed by atoms with Gasteiger partial charge >= 0.3 is 0 Å². The van der Waals surface area contributed by atoms with E-state index in [0.29, 0.717) is 29.1 Å². The molecule has 0 aliphatic heterocycles. The summed E-state index contributed by atoms with van der Waals surface area (Å²) < 4.78 is 26.5. The van der Waals surface area contributed by atoms with Crippen LogP contribution in [-0.2, 0) is 23.2 Å². The molecule has 3 N–H and O–H groups in total. The summed E-state index contributed by atoms with van der Waals surface area (Å²) in [7, 11) is 0. The van der Waals surface area contributed by atoms with Crippen molar-refractivity contribution in [1.29, 1.82) is 0 Å². The molecule has 35 heavy (non-hydrogen) atoms. The number of rotatable bonds is 8. The molecule has 3 unspecified atom stereocenters. The van der Waals surface area contributed by atoms with Crippen LogP contribution < -0.4 is 5.32 Å². The zero-order valence-corrected chi connectivity index (χ0v) is 21.3. The Labute approximate surface area is 208 Å². The third-order valence-corrected chi connectivity index (χ3v) is 7.77. The molecule has 0 bridgehead atoms. The topological polar surface area (TPSA) is 113 Å². The first-order chi connectivity index (χ1) is 16.5. The highest BCUT2D eigenvalue weighted by atomic mass is 32.2. The number of hydrogen-bond donors (Lipinski definition) is 3. The smallest absolute Gasteiger partial charge is 0.251 e. The monoisotopic (exact) mass is 496 g/mol. The summed E-state index contributed by atoms with van der Waals surface area (Å²) in [6.45, 7) is 7.89. The second-order valence-electron chi connectivity index (χ2n) is 10.3. The maximum absolute atomic E-state index is 12.7. The minimum Gasteiger partial charge on any atom is -0.378 e. The van der Waals surface area contributed by atoms with E-state index in [1.54, 1.807) is 37.3 Å². The Morgan fingerprint density at radius 3 is 2.26 bits per heavy atom. The number of carbonyl (C=O) groups excluding carboxylic acids is 1. The van der Waals surface area contributed by atoms with Gasteiger partial charge in [-0.2, -0.15) is 0 Å². The van der Waals surface area contributed by atoms with Crippen LogP contribution in [0.4, 0.5) is 0 Å². The first kappa shape index (κ1) is 25.3. The van der Waals surface area contributed by atoms with Crippen molar-refractivity contribution in [3.8, 4) is 0 Å². The van der Waals surface area contributed by atoms with Gasteiger partial charge in [0.2, 0.25) is 0 Å². The lowest BCUT2D eigenvalue weighted by Gasteiger charge is -2.39. The van der Waals surface area contributed by atoms with E-state index in [2.05, 4.69) is 10.5 Å². The zero-order chi connectivity index (χ0) is 25.4. The van der Waals surface area contributed by atoms with Crippen molar-refractivity contribution in [3.63, 3.8) is 0 Å². The second-order valence-corrected chi connectivity index (χ2v) is 11.4. The van der Waals surface area contributed by atoms with Crippen LogP contribution in [0.1, 0.15) is 77.4 Å². The molecular formula is C27H32N2O5S. The number of carbonyl (C=O) groups is 1. The van der Waals surface area contributed by atoms with Gasteiger partial charge < -0.3 is 19.5 Å². The Kier molecular flexibility index (Phi) is 6.99. The van der Waals surface area contributed by atoms with Crippen molar-refractivity contribution in [2.75, 3.05) is 0 Å². The minimum absolute atomic E-state index is 0.232. The van der Waals surface area contributed by atoms with Gasteiger partial charge in [-0.15, -0.1) is 0 Å². The molecular weight excluding hydrogens is 464 g/mol. The summed E-state index contributed by atoms with van der Waals surface area (Å²) in [4.78, 5) is 12.7. The molecule has 3 aromatic rings. The Balaban J connectivity index is 1.44. The van der Waals surface area contributed by atoms with Crippen LogP contribution >= 0.6 is 0 Å². The largest absolute Gasteiger partial charge is 0.378 e. The van der Waals surface area contributed by atoms with E-state index in [1.165, 1.54) is 0 Å². The summed E-state index contributed by atoms with van der Waals surface area (Å²) >= 11 is -1.89. The van der Waals surface area contributed by atoms with E-state index in [4.69, 9.17) is 4.52 Å². The average Bonchev–Trinajstić information content (AvgIpc) is 3.55. The van der Waals surface area contributed by atoms with Gasteiger partial charge in [-0.05, 0) is 54.5 Å². The van der Waals surface area contributed by atoms with Gasteiger partial charge in [0.25, 0.3) is 5.91 Å². The number of nitrogens with one attached hydrogen (secondary N) is 1. The van der Waals surface area contributed by atoms with Gasteiger partial charge in [-0.25, -0.2) is 4.21 Å². The summed E-state index contributed by atoms with van der Waals surface area (Å²) in [5.74, 6) is 0.655. The van der Waals surface area contributed by atoms with Gasteiger partial charge in [0, 0.05) is 23.6 Å². The van der Waals surface area contributed by atoms with Gasteiger partial charge in [0.15, 0.2) is 11.1 Å².